The van der Waals surface area contributed by atoms with Crippen LogP contribution in [0.15, 0.2) is 34.3 Å². The van der Waals surface area contributed by atoms with E-state index in [0.717, 1.165) is 18.9 Å². The molecule has 1 aromatic carbocycles. The highest BCUT2D eigenvalue weighted by atomic mass is 79.9. The Bertz CT molecular complexity index is 537. The van der Waals surface area contributed by atoms with Gasteiger partial charge in [0, 0.05) is 16.7 Å². The molecule has 0 radical (unpaired) electrons. The summed E-state index contributed by atoms with van der Waals surface area (Å²) in [4.78, 5) is 0. The van der Waals surface area contributed by atoms with Gasteiger partial charge < -0.3 is 5.32 Å². The van der Waals surface area contributed by atoms with Crippen molar-refractivity contribution in [1.82, 2.24) is 0 Å². The van der Waals surface area contributed by atoms with Gasteiger partial charge in [-0.1, -0.05) is 18.6 Å². The molecule has 0 aliphatic heterocycles. The lowest BCUT2D eigenvalue weighted by molar-refractivity contribution is -0.137. The van der Waals surface area contributed by atoms with Crippen molar-refractivity contribution >= 4 is 21.6 Å². The minimum atomic E-state index is -4.31. The minimum absolute atomic E-state index is 0.464. The maximum atomic E-state index is 12.7. The Morgan fingerprint density at radius 2 is 2.05 bits per heavy atom. The molecule has 0 aromatic heterocycles. The summed E-state index contributed by atoms with van der Waals surface area (Å²) in [6.07, 6.45) is 0.0430. The number of allylic oxidation sites excluding steroid dienone is 2. The summed E-state index contributed by atoms with van der Waals surface area (Å²) >= 11 is 3.30. The standard InChI is InChI=1S/C16H19BrF3N/c1-10-5-11(2)7-12(6-10)9-21-15-8-13(16(18,19)20)3-4-14(15)17/h3-5,8,10,12,21H,6-7,9H2,1-2H3. The quantitative estimate of drug-likeness (QED) is 0.663. The van der Waals surface area contributed by atoms with Crippen molar-refractivity contribution in [2.75, 3.05) is 11.9 Å². The van der Waals surface area contributed by atoms with E-state index < -0.39 is 11.7 Å². The van der Waals surface area contributed by atoms with Gasteiger partial charge in [-0.3, -0.25) is 0 Å². The summed E-state index contributed by atoms with van der Waals surface area (Å²) in [5.41, 5.74) is 1.25. The van der Waals surface area contributed by atoms with E-state index in [-0.39, 0.29) is 0 Å². The van der Waals surface area contributed by atoms with Crippen molar-refractivity contribution in [3.05, 3.63) is 39.9 Å². The van der Waals surface area contributed by atoms with Crippen LogP contribution in [-0.4, -0.2) is 6.54 Å². The second-order valence-electron chi connectivity index (χ2n) is 5.87. The van der Waals surface area contributed by atoms with Crippen LogP contribution in [0.5, 0.6) is 0 Å². The topological polar surface area (TPSA) is 12.0 Å². The summed E-state index contributed by atoms with van der Waals surface area (Å²) in [5, 5.41) is 3.16. The van der Waals surface area contributed by atoms with Gasteiger partial charge >= 0.3 is 6.18 Å². The van der Waals surface area contributed by atoms with E-state index in [1.807, 2.05) is 0 Å². The van der Waals surface area contributed by atoms with Crippen LogP contribution in [0, 0.1) is 11.8 Å². The molecule has 1 nitrogen and oxygen atoms in total. The molecule has 0 heterocycles. The van der Waals surface area contributed by atoms with Crippen molar-refractivity contribution in [1.29, 1.82) is 0 Å². The highest BCUT2D eigenvalue weighted by Gasteiger charge is 2.31. The third kappa shape index (κ3) is 4.50. The predicted octanol–water partition coefficient (Wildman–Crippen LogP) is 5.87. The van der Waals surface area contributed by atoms with Crippen molar-refractivity contribution in [3.63, 3.8) is 0 Å². The predicted molar refractivity (Wildman–Crippen MR) is 83.3 cm³/mol. The van der Waals surface area contributed by atoms with E-state index in [0.29, 0.717) is 28.5 Å². The Morgan fingerprint density at radius 3 is 2.67 bits per heavy atom. The maximum absolute atomic E-state index is 12.7. The minimum Gasteiger partial charge on any atom is -0.384 e. The molecule has 21 heavy (non-hydrogen) atoms. The Balaban J connectivity index is 2.05. The molecule has 1 aliphatic rings. The summed E-state index contributed by atoms with van der Waals surface area (Å²) in [7, 11) is 0. The Morgan fingerprint density at radius 1 is 1.33 bits per heavy atom. The lowest BCUT2D eigenvalue weighted by Crippen LogP contribution is -2.20. The number of hydrogen-bond acceptors (Lipinski definition) is 1. The number of rotatable bonds is 3. The van der Waals surface area contributed by atoms with E-state index in [1.54, 1.807) is 0 Å². The average molecular weight is 362 g/mol. The first-order chi connectivity index (χ1) is 9.75. The monoisotopic (exact) mass is 361 g/mol. The molecule has 0 saturated carbocycles. The fourth-order valence-electron chi connectivity index (χ4n) is 2.93. The SMILES string of the molecule is CC1=CC(C)CC(CNc2cc(C(F)(F)F)ccc2Br)C1. The maximum Gasteiger partial charge on any atom is 0.416 e. The van der Waals surface area contributed by atoms with Crippen LogP contribution in [0.25, 0.3) is 0 Å². The number of anilines is 1. The molecular formula is C16H19BrF3N. The molecule has 0 saturated heterocycles. The number of benzene rings is 1. The third-order valence-corrected chi connectivity index (χ3v) is 4.45. The molecule has 2 rings (SSSR count). The highest BCUT2D eigenvalue weighted by molar-refractivity contribution is 9.10. The molecule has 0 amide bonds. The molecule has 1 aliphatic carbocycles. The van der Waals surface area contributed by atoms with Gasteiger partial charge in [0.15, 0.2) is 0 Å². The summed E-state index contributed by atoms with van der Waals surface area (Å²) in [6, 6.07) is 3.70. The number of halogens is 4. The van der Waals surface area contributed by atoms with E-state index in [9.17, 15) is 13.2 Å². The van der Waals surface area contributed by atoms with Gasteiger partial charge in [-0.05, 0) is 65.7 Å². The summed E-state index contributed by atoms with van der Waals surface area (Å²) in [5.74, 6) is 1.00. The number of alkyl halides is 3. The van der Waals surface area contributed by atoms with Crippen LogP contribution in [0.2, 0.25) is 0 Å². The fraction of sp³-hybridized carbons (Fsp3) is 0.500. The van der Waals surface area contributed by atoms with Crippen LogP contribution in [-0.2, 0) is 6.18 Å². The highest BCUT2D eigenvalue weighted by Crippen LogP contribution is 2.34. The van der Waals surface area contributed by atoms with E-state index in [4.69, 9.17) is 0 Å². The smallest absolute Gasteiger partial charge is 0.384 e. The molecule has 0 fully saturated rings. The second kappa shape index (κ2) is 6.42. The van der Waals surface area contributed by atoms with Crippen LogP contribution in [0.3, 0.4) is 0 Å². The fourth-order valence-corrected chi connectivity index (χ4v) is 3.32. The normalized spacial score (nSPS) is 22.9. The molecule has 2 unspecified atom stereocenters. The van der Waals surface area contributed by atoms with Crippen LogP contribution >= 0.6 is 15.9 Å². The van der Waals surface area contributed by atoms with Crippen molar-refractivity contribution < 1.29 is 13.2 Å². The van der Waals surface area contributed by atoms with Crippen LogP contribution in [0.1, 0.15) is 32.3 Å². The number of hydrogen-bond donors (Lipinski definition) is 1. The Labute approximate surface area is 131 Å². The van der Waals surface area contributed by atoms with E-state index >= 15 is 0 Å². The Hall–Kier alpha value is -0.970. The van der Waals surface area contributed by atoms with Gasteiger partial charge in [0.2, 0.25) is 0 Å². The zero-order valence-corrected chi connectivity index (χ0v) is 13.7. The van der Waals surface area contributed by atoms with Gasteiger partial charge in [-0.2, -0.15) is 13.2 Å². The van der Waals surface area contributed by atoms with Crippen molar-refractivity contribution in [2.24, 2.45) is 11.8 Å². The molecule has 0 spiro atoms. The van der Waals surface area contributed by atoms with Crippen LogP contribution in [0.4, 0.5) is 18.9 Å². The first kappa shape index (κ1) is 16.4. The summed E-state index contributed by atoms with van der Waals surface area (Å²) < 4.78 is 38.9. The van der Waals surface area contributed by atoms with E-state index in [2.05, 4.69) is 41.2 Å². The molecule has 1 aromatic rings. The third-order valence-electron chi connectivity index (χ3n) is 3.76. The van der Waals surface area contributed by atoms with Gasteiger partial charge in [-0.15, -0.1) is 0 Å². The van der Waals surface area contributed by atoms with Gasteiger partial charge in [0.25, 0.3) is 0 Å². The zero-order chi connectivity index (χ0) is 15.6. The molecule has 5 heteroatoms. The average Bonchev–Trinajstić information content (AvgIpc) is 2.35. The van der Waals surface area contributed by atoms with Crippen molar-refractivity contribution in [3.8, 4) is 0 Å². The molecule has 1 N–H and O–H groups in total. The molecular weight excluding hydrogens is 343 g/mol. The van der Waals surface area contributed by atoms with Gasteiger partial charge in [-0.25, -0.2) is 0 Å². The zero-order valence-electron chi connectivity index (χ0n) is 12.1. The molecule has 116 valence electrons. The van der Waals surface area contributed by atoms with Gasteiger partial charge in [0.1, 0.15) is 0 Å². The van der Waals surface area contributed by atoms with Crippen LogP contribution < -0.4 is 5.32 Å². The Kier molecular flexibility index (Phi) is 5.02. The second-order valence-corrected chi connectivity index (χ2v) is 6.72. The lowest BCUT2D eigenvalue weighted by Gasteiger charge is -2.26. The largest absolute Gasteiger partial charge is 0.416 e. The first-order valence-corrected chi connectivity index (χ1v) is 7.83. The van der Waals surface area contributed by atoms with Crippen molar-refractivity contribution in [2.45, 2.75) is 32.9 Å². The van der Waals surface area contributed by atoms with E-state index in [1.165, 1.54) is 17.7 Å². The lowest BCUT2D eigenvalue weighted by atomic mass is 9.84. The van der Waals surface area contributed by atoms with Gasteiger partial charge in [0.05, 0.1) is 5.56 Å². The molecule has 2 atom stereocenters. The number of nitrogens with one attached hydrogen (secondary N) is 1. The summed E-state index contributed by atoms with van der Waals surface area (Å²) in [6.45, 7) is 4.98. The molecule has 0 bridgehead atoms. The first-order valence-electron chi connectivity index (χ1n) is 7.03.